The number of benzene rings is 1. The van der Waals surface area contributed by atoms with Gasteiger partial charge in [0.25, 0.3) is 0 Å². The number of amides is 3. The van der Waals surface area contributed by atoms with E-state index in [1.54, 1.807) is 0 Å². The zero-order valence-corrected chi connectivity index (χ0v) is 27.9. The Morgan fingerprint density at radius 1 is 0.651 bits per heavy atom. The van der Waals surface area contributed by atoms with Crippen LogP contribution in [0.1, 0.15) is 149 Å². The highest BCUT2D eigenvalue weighted by Crippen LogP contribution is 2.14. The van der Waals surface area contributed by atoms with Crippen molar-refractivity contribution in [3.8, 4) is 0 Å². The summed E-state index contributed by atoms with van der Waals surface area (Å²) in [6.07, 6.45) is 21.3. The van der Waals surface area contributed by atoms with E-state index in [2.05, 4.69) is 22.9 Å². The number of alkyl carbamates (subject to hydrolysis) is 1. The van der Waals surface area contributed by atoms with Gasteiger partial charge in [0.1, 0.15) is 18.7 Å². The number of carbonyl (C=O) groups excluding carboxylic acids is 3. The van der Waals surface area contributed by atoms with Gasteiger partial charge in [-0.05, 0) is 30.7 Å². The van der Waals surface area contributed by atoms with Gasteiger partial charge in [0.2, 0.25) is 11.8 Å². The van der Waals surface area contributed by atoms with Crippen LogP contribution in [0.15, 0.2) is 30.3 Å². The van der Waals surface area contributed by atoms with Crippen LogP contribution in [0.5, 0.6) is 0 Å². The van der Waals surface area contributed by atoms with Crippen LogP contribution in [-0.2, 0) is 20.9 Å². The molecule has 7 heteroatoms. The summed E-state index contributed by atoms with van der Waals surface area (Å²) in [6, 6.07) is 7.99. The zero-order chi connectivity index (χ0) is 31.5. The summed E-state index contributed by atoms with van der Waals surface area (Å²) in [5.41, 5.74) is 0.870. The molecule has 0 bridgehead atoms. The van der Waals surface area contributed by atoms with Gasteiger partial charge in [0.05, 0.1) is 0 Å². The Morgan fingerprint density at radius 2 is 1.16 bits per heavy atom. The van der Waals surface area contributed by atoms with Gasteiger partial charge in [-0.3, -0.25) is 9.59 Å². The van der Waals surface area contributed by atoms with Crippen molar-refractivity contribution in [3.05, 3.63) is 35.9 Å². The van der Waals surface area contributed by atoms with Gasteiger partial charge < -0.3 is 20.7 Å². The monoisotopic (exact) mass is 601 g/mol. The first kappa shape index (κ1) is 38.5. The molecule has 0 radical (unpaired) electrons. The van der Waals surface area contributed by atoms with Crippen LogP contribution in [0.25, 0.3) is 0 Å². The Balaban J connectivity index is 2.18. The Labute approximate surface area is 263 Å². The number of carbonyl (C=O) groups is 3. The van der Waals surface area contributed by atoms with E-state index >= 15 is 0 Å². The highest BCUT2D eigenvalue weighted by atomic mass is 16.5. The van der Waals surface area contributed by atoms with Crippen molar-refractivity contribution in [2.45, 2.75) is 162 Å². The first-order chi connectivity index (χ1) is 20.9. The molecule has 43 heavy (non-hydrogen) atoms. The predicted octanol–water partition coefficient (Wildman–Crippen LogP) is 8.60. The molecule has 246 valence electrons. The summed E-state index contributed by atoms with van der Waals surface area (Å²) in [4.78, 5) is 38.2. The van der Waals surface area contributed by atoms with Gasteiger partial charge in [-0.1, -0.05) is 154 Å². The van der Waals surface area contributed by atoms with Gasteiger partial charge in [-0.2, -0.15) is 0 Å². The lowest BCUT2D eigenvalue weighted by atomic mass is 10.0. The van der Waals surface area contributed by atoms with E-state index in [1.807, 2.05) is 51.1 Å². The van der Waals surface area contributed by atoms with Crippen LogP contribution in [0, 0.1) is 5.92 Å². The maximum absolute atomic E-state index is 13.0. The molecule has 0 heterocycles. The van der Waals surface area contributed by atoms with E-state index in [1.165, 1.54) is 89.9 Å². The van der Waals surface area contributed by atoms with E-state index in [0.29, 0.717) is 19.4 Å². The Kier molecular flexibility index (Phi) is 23.1. The summed E-state index contributed by atoms with van der Waals surface area (Å²) >= 11 is 0. The molecule has 1 aromatic rings. The third-order valence-electron chi connectivity index (χ3n) is 7.90. The fourth-order valence-electron chi connectivity index (χ4n) is 5.24. The molecule has 2 atom stereocenters. The second-order valence-electron chi connectivity index (χ2n) is 12.5. The first-order valence-corrected chi connectivity index (χ1v) is 17.4. The van der Waals surface area contributed by atoms with Gasteiger partial charge in [-0.25, -0.2) is 4.79 Å². The van der Waals surface area contributed by atoms with Gasteiger partial charge in [0, 0.05) is 6.54 Å². The summed E-state index contributed by atoms with van der Waals surface area (Å²) in [5.74, 6) is -0.365. The van der Waals surface area contributed by atoms with E-state index in [4.69, 9.17) is 4.74 Å². The Morgan fingerprint density at radius 3 is 1.65 bits per heavy atom. The molecule has 1 rings (SSSR count). The lowest BCUT2D eigenvalue weighted by Gasteiger charge is -2.23. The van der Waals surface area contributed by atoms with Crippen LogP contribution in [-0.4, -0.2) is 36.5 Å². The van der Waals surface area contributed by atoms with Crippen molar-refractivity contribution in [1.29, 1.82) is 0 Å². The van der Waals surface area contributed by atoms with Crippen molar-refractivity contribution in [1.82, 2.24) is 16.0 Å². The summed E-state index contributed by atoms with van der Waals surface area (Å²) in [7, 11) is 0. The Hall–Kier alpha value is -2.57. The van der Waals surface area contributed by atoms with Crippen molar-refractivity contribution in [3.63, 3.8) is 0 Å². The lowest BCUT2D eigenvalue weighted by molar-refractivity contribution is -0.130. The van der Waals surface area contributed by atoms with Crippen LogP contribution >= 0.6 is 0 Å². The summed E-state index contributed by atoms with van der Waals surface area (Å²) < 4.78 is 5.30. The molecule has 0 fully saturated rings. The number of hydrogen-bond donors (Lipinski definition) is 3. The van der Waals surface area contributed by atoms with Crippen molar-refractivity contribution in [2.75, 3.05) is 6.54 Å². The maximum atomic E-state index is 13.0. The van der Waals surface area contributed by atoms with Gasteiger partial charge >= 0.3 is 6.09 Å². The quantitative estimate of drug-likeness (QED) is 0.0927. The molecule has 0 aliphatic carbocycles. The van der Waals surface area contributed by atoms with Crippen LogP contribution in [0.2, 0.25) is 0 Å². The molecular weight excluding hydrogens is 538 g/mol. The SMILES string of the molecule is CCCCCCCCCCCCCCCCCCNC(=O)[C@H](CC)NC(=O)[C@H](CC(C)C)NC(=O)OCc1ccccc1. The second-order valence-corrected chi connectivity index (χ2v) is 12.5. The largest absolute Gasteiger partial charge is 0.445 e. The summed E-state index contributed by atoms with van der Waals surface area (Å²) in [6.45, 7) is 8.86. The normalized spacial score (nSPS) is 12.5. The topological polar surface area (TPSA) is 96.5 Å². The number of rotatable bonds is 26. The first-order valence-electron chi connectivity index (χ1n) is 17.4. The molecule has 0 aliphatic rings. The highest BCUT2D eigenvalue weighted by Gasteiger charge is 2.27. The molecular formula is C36H63N3O4. The van der Waals surface area contributed by atoms with Crippen LogP contribution < -0.4 is 16.0 Å². The molecule has 0 spiro atoms. The molecule has 3 amide bonds. The van der Waals surface area contributed by atoms with E-state index in [-0.39, 0.29) is 24.3 Å². The minimum atomic E-state index is -0.773. The standard InChI is InChI=1S/C36H63N3O4/c1-5-7-8-9-10-11-12-13-14-15-16-17-18-19-20-24-27-37-34(40)32(6-2)38-35(41)33(28-30(3)4)39-36(42)43-29-31-25-22-21-23-26-31/h21-23,25-26,30,32-33H,5-20,24,27-29H2,1-4H3,(H,37,40)(H,38,41)(H,39,42)/t32-,33-/m0/s1. The molecule has 0 aliphatic heterocycles. The fraction of sp³-hybridized carbons (Fsp3) is 0.750. The molecule has 0 saturated carbocycles. The average Bonchev–Trinajstić information content (AvgIpc) is 3.00. The van der Waals surface area contributed by atoms with Gasteiger partial charge in [0.15, 0.2) is 0 Å². The maximum Gasteiger partial charge on any atom is 0.408 e. The fourth-order valence-corrected chi connectivity index (χ4v) is 5.24. The molecule has 0 unspecified atom stereocenters. The molecule has 0 aromatic heterocycles. The molecule has 0 saturated heterocycles. The second kappa shape index (κ2) is 25.9. The van der Waals surface area contributed by atoms with E-state index < -0.39 is 18.2 Å². The number of unbranched alkanes of at least 4 members (excludes halogenated alkanes) is 15. The minimum absolute atomic E-state index is 0.127. The molecule has 1 aromatic carbocycles. The zero-order valence-electron chi connectivity index (χ0n) is 27.9. The molecule has 7 nitrogen and oxygen atoms in total. The predicted molar refractivity (Wildman–Crippen MR) is 178 cm³/mol. The van der Waals surface area contributed by atoms with Crippen LogP contribution in [0.4, 0.5) is 4.79 Å². The van der Waals surface area contributed by atoms with Crippen LogP contribution in [0.3, 0.4) is 0 Å². The van der Waals surface area contributed by atoms with Crippen molar-refractivity contribution in [2.24, 2.45) is 5.92 Å². The van der Waals surface area contributed by atoms with E-state index in [0.717, 1.165) is 18.4 Å². The number of ether oxygens (including phenoxy) is 1. The summed E-state index contributed by atoms with van der Waals surface area (Å²) in [5, 5.41) is 8.50. The number of nitrogens with one attached hydrogen (secondary N) is 3. The third kappa shape index (κ3) is 20.9. The van der Waals surface area contributed by atoms with Crippen molar-refractivity contribution >= 4 is 17.9 Å². The lowest BCUT2D eigenvalue weighted by Crippen LogP contribution is -2.54. The highest BCUT2D eigenvalue weighted by molar-refractivity contribution is 5.91. The molecule has 3 N–H and O–H groups in total. The Bertz CT molecular complexity index is 846. The number of hydrogen-bond acceptors (Lipinski definition) is 4. The van der Waals surface area contributed by atoms with E-state index in [9.17, 15) is 14.4 Å². The average molecular weight is 602 g/mol. The van der Waals surface area contributed by atoms with Crippen molar-refractivity contribution < 1.29 is 19.1 Å². The third-order valence-corrected chi connectivity index (χ3v) is 7.90. The minimum Gasteiger partial charge on any atom is -0.445 e. The smallest absolute Gasteiger partial charge is 0.408 e. The van der Waals surface area contributed by atoms with Gasteiger partial charge in [-0.15, -0.1) is 0 Å².